The van der Waals surface area contributed by atoms with Crippen LogP contribution in [0.5, 0.6) is 11.5 Å². The number of rotatable bonds is 6. The van der Waals surface area contributed by atoms with Crippen molar-refractivity contribution < 1.29 is 14.3 Å². The number of imidazole rings is 1. The predicted molar refractivity (Wildman–Crippen MR) is 113 cm³/mol. The Hall–Kier alpha value is -4.31. The van der Waals surface area contributed by atoms with Crippen LogP contribution in [0.2, 0.25) is 0 Å². The molecule has 0 saturated carbocycles. The summed E-state index contributed by atoms with van der Waals surface area (Å²) >= 11 is 0. The molecular weight excluding hydrogens is 380 g/mol. The lowest BCUT2D eigenvalue weighted by Crippen LogP contribution is -2.20. The fraction of sp³-hybridized carbons (Fsp3) is 0.0870. The molecule has 0 aliphatic heterocycles. The molecule has 0 spiro atoms. The van der Waals surface area contributed by atoms with Crippen molar-refractivity contribution >= 4 is 22.6 Å². The molecule has 7 nitrogen and oxygen atoms in total. The van der Waals surface area contributed by atoms with Gasteiger partial charge in [0.05, 0.1) is 29.8 Å². The van der Waals surface area contributed by atoms with Crippen molar-refractivity contribution in [1.82, 2.24) is 9.97 Å². The van der Waals surface area contributed by atoms with Crippen LogP contribution in [0.3, 0.4) is 0 Å². The van der Waals surface area contributed by atoms with Crippen molar-refractivity contribution in [2.45, 2.75) is 0 Å². The summed E-state index contributed by atoms with van der Waals surface area (Å²) in [5.74, 6) is 1.20. The molecule has 7 heteroatoms. The van der Waals surface area contributed by atoms with Crippen molar-refractivity contribution in [1.29, 1.82) is 5.26 Å². The molecule has 0 bridgehead atoms. The van der Waals surface area contributed by atoms with Crippen LogP contribution in [-0.2, 0) is 4.79 Å². The summed E-state index contributed by atoms with van der Waals surface area (Å²) in [7, 11) is 1.48. The van der Waals surface area contributed by atoms with Gasteiger partial charge in [-0.3, -0.25) is 4.79 Å². The van der Waals surface area contributed by atoms with Gasteiger partial charge in [-0.05, 0) is 36.4 Å². The van der Waals surface area contributed by atoms with Crippen LogP contribution in [0.1, 0.15) is 5.56 Å². The number of H-pyrrole nitrogens is 1. The monoisotopic (exact) mass is 398 g/mol. The van der Waals surface area contributed by atoms with Gasteiger partial charge < -0.3 is 19.8 Å². The molecule has 0 aliphatic carbocycles. The summed E-state index contributed by atoms with van der Waals surface area (Å²) < 4.78 is 10.8. The minimum Gasteiger partial charge on any atom is -0.493 e. The van der Waals surface area contributed by atoms with E-state index in [0.29, 0.717) is 22.7 Å². The van der Waals surface area contributed by atoms with Crippen molar-refractivity contribution in [3.8, 4) is 29.0 Å². The molecule has 0 radical (unpaired) electrons. The summed E-state index contributed by atoms with van der Waals surface area (Å²) in [5.41, 5.74) is 3.77. The maximum atomic E-state index is 12.3. The lowest BCUT2D eigenvalue weighted by molar-refractivity contribution is -0.118. The Morgan fingerprint density at radius 3 is 2.77 bits per heavy atom. The third kappa shape index (κ3) is 4.08. The first kappa shape index (κ1) is 19.0. The van der Waals surface area contributed by atoms with Crippen LogP contribution >= 0.6 is 0 Å². The minimum atomic E-state index is -0.317. The number of nitrogens with one attached hydrogen (secondary N) is 2. The fourth-order valence-electron chi connectivity index (χ4n) is 3.03. The molecule has 4 aromatic rings. The standard InChI is InChI=1S/C23H18N4O3/c1-29-21-11-15(13-24)9-10-20(21)30-14-22(28)25-17-6-4-5-16(12-17)23-26-18-7-2-3-8-19(18)27-23/h2-12H,14H2,1H3,(H,25,28)(H,26,27). The van der Waals surface area contributed by atoms with E-state index >= 15 is 0 Å². The number of aromatic nitrogens is 2. The number of carbonyl (C=O) groups excluding carboxylic acids is 1. The van der Waals surface area contributed by atoms with E-state index in [4.69, 9.17) is 14.7 Å². The number of nitrogens with zero attached hydrogens (tertiary/aromatic N) is 2. The predicted octanol–water partition coefficient (Wildman–Crippen LogP) is 4.13. The Morgan fingerprint density at radius 2 is 1.97 bits per heavy atom. The maximum Gasteiger partial charge on any atom is 0.262 e. The van der Waals surface area contributed by atoms with Gasteiger partial charge in [0.15, 0.2) is 18.1 Å². The Morgan fingerprint density at radius 1 is 1.10 bits per heavy atom. The zero-order chi connectivity index (χ0) is 20.9. The summed E-state index contributed by atoms with van der Waals surface area (Å²) in [4.78, 5) is 20.2. The average Bonchev–Trinajstić information content (AvgIpc) is 3.22. The molecule has 4 rings (SSSR count). The van der Waals surface area contributed by atoms with E-state index in [2.05, 4.69) is 15.3 Å². The first-order valence-corrected chi connectivity index (χ1v) is 9.22. The zero-order valence-corrected chi connectivity index (χ0v) is 16.2. The first-order valence-electron chi connectivity index (χ1n) is 9.22. The van der Waals surface area contributed by atoms with Gasteiger partial charge in [-0.25, -0.2) is 4.98 Å². The second kappa shape index (κ2) is 8.37. The molecular formula is C23H18N4O3. The Kier molecular flexibility index (Phi) is 5.31. The van der Waals surface area contributed by atoms with Gasteiger partial charge in [-0.1, -0.05) is 24.3 Å². The van der Waals surface area contributed by atoms with Gasteiger partial charge in [0.25, 0.3) is 5.91 Å². The van der Waals surface area contributed by atoms with E-state index in [1.54, 1.807) is 24.3 Å². The minimum absolute atomic E-state index is 0.197. The zero-order valence-electron chi connectivity index (χ0n) is 16.2. The number of ether oxygens (including phenoxy) is 2. The van der Waals surface area contributed by atoms with Crippen LogP contribution < -0.4 is 14.8 Å². The normalized spacial score (nSPS) is 10.4. The molecule has 148 valence electrons. The molecule has 0 atom stereocenters. The van der Waals surface area contributed by atoms with E-state index < -0.39 is 0 Å². The number of benzene rings is 3. The largest absolute Gasteiger partial charge is 0.493 e. The van der Waals surface area contributed by atoms with Crippen molar-refractivity contribution in [3.63, 3.8) is 0 Å². The van der Waals surface area contributed by atoms with Crippen LogP contribution in [0.4, 0.5) is 5.69 Å². The molecule has 1 amide bonds. The molecule has 0 saturated heterocycles. The van der Waals surface area contributed by atoms with Crippen LogP contribution in [0, 0.1) is 11.3 Å². The molecule has 1 heterocycles. The Labute approximate surface area is 172 Å². The Bertz CT molecular complexity index is 1220. The van der Waals surface area contributed by atoms with Crippen molar-refractivity contribution in [3.05, 3.63) is 72.3 Å². The van der Waals surface area contributed by atoms with Crippen LogP contribution in [0.15, 0.2) is 66.7 Å². The lowest BCUT2D eigenvalue weighted by Gasteiger charge is -2.11. The van der Waals surface area contributed by atoms with Gasteiger partial charge in [0, 0.05) is 17.3 Å². The third-order valence-corrected chi connectivity index (χ3v) is 4.46. The first-order chi connectivity index (χ1) is 14.7. The molecule has 3 aromatic carbocycles. The van der Waals surface area contributed by atoms with E-state index in [0.717, 1.165) is 22.4 Å². The van der Waals surface area contributed by atoms with E-state index in [9.17, 15) is 4.79 Å². The molecule has 0 aliphatic rings. The number of amides is 1. The number of hydrogen-bond acceptors (Lipinski definition) is 5. The van der Waals surface area contributed by atoms with Crippen molar-refractivity contribution in [2.75, 3.05) is 19.0 Å². The van der Waals surface area contributed by atoms with E-state index in [1.165, 1.54) is 7.11 Å². The highest BCUT2D eigenvalue weighted by Gasteiger charge is 2.10. The van der Waals surface area contributed by atoms with Gasteiger partial charge >= 0.3 is 0 Å². The highest BCUT2D eigenvalue weighted by molar-refractivity contribution is 5.92. The molecule has 2 N–H and O–H groups in total. The highest BCUT2D eigenvalue weighted by atomic mass is 16.5. The number of carbonyl (C=O) groups is 1. The van der Waals surface area contributed by atoms with Crippen molar-refractivity contribution in [2.24, 2.45) is 0 Å². The smallest absolute Gasteiger partial charge is 0.262 e. The fourth-order valence-corrected chi connectivity index (χ4v) is 3.03. The summed E-state index contributed by atoms with van der Waals surface area (Å²) in [5, 5.41) is 11.8. The van der Waals surface area contributed by atoms with Crippen LogP contribution in [-0.4, -0.2) is 29.6 Å². The number of anilines is 1. The van der Waals surface area contributed by atoms with Gasteiger partial charge in [-0.15, -0.1) is 0 Å². The number of fused-ring (bicyclic) bond motifs is 1. The van der Waals surface area contributed by atoms with Gasteiger partial charge in [0.1, 0.15) is 5.82 Å². The van der Waals surface area contributed by atoms with Gasteiger partial charge in [0.2, 0.25) is 0 Å². The Balaban J connectivity index is 1.44. The number of para-hydroxylation sites is 2. The molecule has 0 unspecified atom stereocenters. The SMILES string of the molecule is COc1cc(C#N)ccc1OCC(=O)Nc1cccc(-c2nc3ccccc3[nH]2)c1. The average molecular weight is 398 g/mol. The number of methoxy groups -OCH3 is 1. The number of aromatic amines is 1. The number of hydrogen-bond donors (Lipinski definition) is 2. The van der Waals surface area contributed by atoms with E-state index in [-0.39, 0.29) is 12.5 Å². The summed E-state index contributed by atoms with van der Waals surface area (Å²) in [6, 6.07) is 22.0. The number of nitriles is 1. The molecule has 30 heavy (non-hydrogen) atoms. The summed E-state index contributed by atoms with van der Waals surface area (Å²) in [6.45, 7) is -0.197. The van der Waals surface area contributed by atoms with Gasteiger partial charge in [-0.2, -0.15) is 5.26 Å². The second-order valence-electron chi connectivity index (χ2n) is 6.50. The second-order valence-corrected chi connectivity index (χ2v) is 6.50. The highest BCUT2D eigenvalue weighted by Crippen LogP contribution is 2.28. The molecule has 1 aromatic heterocycles. The topological polar surface area (TPSA) is 100 Å². The third-order valence-electron chi connectivity index (χ3n) is 4.46. The molecule has 0 fully saturated rings. The van der Waals surface area contributed by atoms with Crippen LogP contribution in [0.25, 0.3) is 22.4 Å². The quantitative estimate of drug-likeness (QED) is 0.509. The van der Waals surface area contributed by atoms with E-state index in [1.807, 2.05) is 48.5 Å². The summed E-state index contributed by atoms with van der Waals surface area (Å²) in [6.07, 6.45) is 0. The maximum absolute atomic E-state index is 12.3. The lowest BCUT2D eigenvalue weighted by atomic mass is 10.2.